The summed E-state index contributed by atoms with van der Waals surface area (Å²) >= 11 is 0. The quantitative estimate of drug-likeness (QED) is 0.790. The lowest BCUT2D eigenvalue weighted by molar-refractivity contribution is 0.100. The predicted octanol–water partition coefficient (Wildman–Crippen LogP) is 1.04. The molecule has 108 valence electrons. The Balaban J connectivity index is 1.93. The molecular weight excluding hydrogens is 252 g/mol. The molecule has 2 aliphatic rings. The molecule has 20 heavy (non-hydrogen) atoms. The highest BCUT2D eigenvalue weighted by atomic mass is 16.1. The van der Waals surface area contributed by atoms with Crippen LogP contribution in [0.5, 0.6) is 0 Å². The van der Waals surface area contributed by atoms with Crippen LogP contribution in [0.25, 0.3) is 0 Å². The van der Waals surface area contributed by atoms with Crippen molar-refractivity contribution in [2.75, 3.05) is 30.8 Å². The second-order valence-electron chi connectivity index (χ2n) is 5.93. The van der Waals surface area contributed by atoms with Crippen LogP contribution in [-0.2, 0) is 0 Å². The Morgan fingerprint density at radius 3 is 2.75 bits per heavy atom. The Labute approximate surface area is 119 Å². The summed E-state index contributed by atoms with van der Waals surface area (Å²) in [6.07, 6.45) is 3.64. The Bertz CT molecular complexity index is 531. The maximum atomic E-state index is 11.6. The monoisotopic (exact) mass is 274 g/mol. The number of carbonyl (C=O) groups excluding carboxylic acids is 1. The van der Waals surface area contributed by atoms with Gasteiger partial charge in [-0.3, -0.25) is 9.69 Å². The van der Waals surface area contributed by atoms with E-state index in [2.05, 4.69) is 16.8 Å². The Morgan fingerprint density at radius 2 is 2.00 bits per heavy atom. The third-order valence-corrected chi connectivity index (χ3v) is 4.78. The number of amides is 1. The lowest BCUT2D eigenvalue weighted by Gasteiger charge is -2.29. The van der Waals surface area contributed by atoms with Gasteiger partial charge in [-0.05, 0) is 44.5 Å². The number of benzene rings is 1. The largest absolute Gasteiger partial charge is 0.399 e. The summed E-state index contributed by atoms with van der Waals surface area (Å²) in [5.74, 6) is -0.386. The molecule has 0 spiro atoms. The number of hydrogen-bond donors (Lipinski definition) is 2. The predicted molar refractivity (Wildman–Crippen MR) is 80.8 cm³/mol. The standard InChI is InChI=1S/C15H22N4O/c1-18-11-3-4-12(18)9-19(7-6-11)14-8-10(16)2-5-13(14)15(17)20/h2,5,8,11-12H,3-4,6-7,9,16H2,1H3,(H2,17,20). The van der Waals surface area contributed by atoms with Crippen LogP contribution in [0.1, 0.15) is 29.6 Å². The Kier molecular flexibility index (Phi) is 3.30. The first-order valence-electron chi connectivity index (χ1n) is 7.22. The molecule has 2 heterocycles. The van der Waals surface area contributed by atoms with Gasteiger partial charge in [-0.15, -0.1) is 0 Å². The summed E-state index contributed by atoms with van der Waals surface area (Å²) in [4.78, 5) is 16.4. The van der Waals surface area contributed by atoms with Crippen molar-refractivity contribution in [3.05, 3.63) is 23.8 Å². The maximum Gasteiger partial charge on any atom is 0.250 e. The lowest BCUT2D eigenvalue weighted by atomic mass is 10.1. The van der Waals surface area contributed by atoms with E-state index in [1.54, 1.807) is 12.1 Å². The van der Waals surface area contributed by atoms with E-state index in [9.17, 15) is 4.79 Å². The number of rotatable bonds is 2. The van der Waals surface area contributed by atoms with Crippen LogP contribution < -0.4 is 16.4 Å². The minimum atomic E-state index is -0.386. The molecule has 0 aliphatic carbocycles. The topological polar surface area (TPSA) is 75.6 Å². The fraction of sp³-hybridized carbons (Fsp3) is 0.533. The highest BCUT2D eigenvalue weighted by molar-refractivity contribution is 5.99. The molecule has 1 amide bonds. The minimum Gasteiger partial charge on any atom is -0.399 e. The molecule has 0 saturated carbocycles. The van der Waals surface area contributed by atoms with Gasteiger partial charge in [0.2, 0.25) is 0 Å². The van der Waals surface area contributed by atoms with Gasteiger partial charge in [0.25, 0.3) is 5.91 Å². The first kappa shape index (κ1) is 13.2. The third-order valence-electron chi connectivity index (χ3n) is 4.78. The van der Waals surface area contributed by atoms with Crippen molar-refractivity contribution in [1.82, 2.24) is 4.90 Å². The van der Waals surface area contributed by atoms with Crippen molar-refractivity contribution in [3.8, 4) is 0 Å². The highest BCUT2D eigenvalue weighted by Gasteiger charge is 2.35. The molecule has 0 radical (unpaired) electrons. The summed E-state index contributed by atoms with van der Waals surface area (Å²) in [6.45, 7) is 1.89. The smallest absolute Gasteiger partial charge is 0.250 e. The van der Waals surface area contributed by atoms with Gasteiger partial charge in [-0.2, -0.15) is 0 Å². The number of nitrogens with two attached hydrogens (primary N) is 2. The van der Waals surface area contributed by atoms with Crippen molar-refractivity contribution < 1.29 is 4.79 Å². The van der Waals surface area contributed by atoms with E-state index in [0.717, 1.165) is 25.2 Å². The lowest BCUT2D eigenvalue weighted by Crippen LogP contribution is -2.37. The molecule has 0 aromatic heterocycles. The molecule has 2 aliphatic heterocycles. The second-order valence-corrected chi connectivity index (χ2v) is 5.93. The molecule has 5 heteroatoms. The van der Waals surface area contributed by atoms with Crippen LogP contribution in [0.2, 0.25) is 0 Å². The number of anilines is 2. The molecule has 1 aromatic carbocycles. The molecule has 2 saturated heterocycles. The van der Waals surface area contributed by atoms with Gasteiger partial charge in [0.05, 0.1) is 11.3 Å². The fourth-order valence-electron chi connectivity index (χ4n) is 3.55. The van der Waals surface area contributed by atoms with E-state index in [-0.39, 0.29) is 5.91 Å². The summed E-state index contributed by atoms with van der Waals surface area (Å²) in [5.41, 5.74) is 13.5. The van der Waals surface area contributed by atoms with Crippen LogP contribution in [-0.4, -0.2) is 43.0 Å². The van der Waals surface area contributed by atoms with E-state index < -0.39 is 0 Å². The number of fused-ring (bicyclic) bond motifs is 2. The first-order chi connectivity index (χ1) is 9.56. The molecule has 2 bridgehead atoms. The van der Waals surface area contributed by atoms with Crippen LogP contribution in [0.4, 0.5) is 11.4 Å². The van der Waals surface area contributed by atoms with Crippen molar-refractivity contribution in [2.24, 2.45) is 5.73 Å². The van der Waals surface area contributed by atoms with Crippen LogP contribution >= 0.6 is 0 Å². The van der Waals surface area contributed by atoms with E-state index in [0.29, 0.717) is 23.3 Å². The SMILES string of the molecule is CN1C2CCC1CN(c1cc(N)ccc1C(N)=O)CC2. The number of carbonyl (C=O) groups is 1. The maximum absolute atomic E-state index is 11.6. The number of hydrogen-bond acceptors (Lipinski definition) is 4. The number of likely N-dealkylation sites (N-methyl/N-ethyl adjacent to an activating group) is 1. The zero-order chi connectivity index (χ0) is 14.3. The van der Waals surface area contributed by atoms with Gasteiger partial charge in [-0.1, -0.05) is 0 Å². The average molecular weight is 274 g/mol. The van der Waals surface area contributed by atoms with Crippen molar-refractivity contribution in [1.29, 1.82) is 0 Å². The van der Waals surface area contributed by atoms with Gasteiger partial charge in [0.1, 0.15) is 0 Å². The van der Waals surface area contributed by atoms with Crippen LogP contribution in [0.3, 0.4) is 0 Å². The number of nitrogens with zero attached hydrogens (tertiary/aromatic N) is 2. The normalized spacial score (nSPS) is 26.6. The van der Waals surface area contributed by atoms with E-state index in [4.69, 9.17) is 11.5 Å². The van der Waals surface area contributed by atoms with Gasteiger partial charge in [0.15, 0.2) is 0 Å². The van der Waals surface area contributed by atoms with Crippen molar-refractivity contribution >= 4 is 17.3 Å². The van der Waals surface area contributed by atoms with E-state index in [1.807, 2.05) is 6.07 Å². The molecular formula is C15H22N4O. The van der Waals surface area contributed by atoms with Crippen molar-refractivity contribution in [3.63, 3.8) is 0 Å². The average Bonchev–Trinajstić information content (AvgIpc) is 2.62. The third kappa shape index (κ3) is 2.22. The van der Waals surface area contributed by atoms with E-state index in [1.165, 1.54) is 12.8 Å². The number of primary amides is 1. The summed E-state index contributed by atoms with van der Waals surface area (Å²) in [6, 6.07) is 6.58. The molecule has 3 rings (SSSR count). The molecule has 2 fully saturated rings. The summed E-state index contributed by atoms with van der Waals surface area (Å²) < 4.78 is 0. The summed E-state index contributed by atoms with van der Waals surface area (Å²) in [5, 5.41) is 0. The van der Waals surface area contributed by atoms with Gasteiger partial charge < -0.3 is 16.4 Å². The zero-order valence-corrected chi connectivity index (χ0v) is 11.9. The first-order valence-corrected chi connectivity index (χ1v) is 7.22. The Morgan fingerprint density at radius 1 is 1.25 bits per heavy atom. The van der Waals surface area contributed by atoms with Crippen molar-refractivity contribution in [2.45, 2.75) is 31.3 Å². The van der Waals surface area contributed by atoms with Gasteiger partial charge >= 0.3 is 0 Å². The highest BCUT2D eigenvalue weighted by Crippen LogP contribution is 2.32. The van der Waals surface area contributed by atoms with E-state index >= 15 is 0 Å². The fourth-order valence-corrected chi connectivity index (χ4v) is 3.55. The zero-order valence-electron chi connectivity index (χ0n) is 11.9. The second kappa shape index (κ2) is 4.98. The van der Waals surface area contributed by atoms with Gasteiger partial charge in [-0.25, -0.2) is 0 Å². The minimum absolute atomic E-state index is 0.386. The summed E-state index contributed by atoms with van der Waals surface area (Å²) in [7, 11) is 2.21. The van der Waals surface area contributed by atoms with Gasteiger partial charge in [0, 0.05) is 30.9 Å². The Hall–Kier alpha value is -1.75. The molecule has 2 atom stereocenters. The van der Waals surface area contributed by atoms with Crippen LogP contribution in [0.15, 0.2) is 18.2 Å². The molecule has 4 N–H and O–H groups in total. The number of nitrogen functional groups attached to an aromatic ring is 1. The van der Waals surface area contributed by atoms with Crippen LogP contribution in [0, 0.1) is 0 Å². The molecule has 1 aromatic rings. The molecule has 5 nitrogen and oxygen atoms in total. The molecule has 2 unspecified atom stereocenters.